The van der Waals surface area contributed by atoms with Crippen LogP contribution in [0.5, 0.6) is 5.75 Å². The summed E-state index contributed by atoms with van der Waals surface area (Å²) in [6, 6.07) is 6.46. The van der Waals surface area contributed by atoms with E-state index >= 15 is 8.78 Å². The van der Waals surface area contributed by atoms with Crippen molar-refractivity contribution in [3.63, 3.8) is 0 Å². The normalized spacial score (nSPS) is 14.8. The highest BCUT2D eigenvalue weighted by atomic mass is 79.9. The first kappa shape index (κ1) is 37.0. The molecule has 2 heterocycles. The number of halogens is 10. The van der Waals surface area contributed by atoms with Gasteiger partial charge in [0, 0.05) is 59.6 Å². The number of phenolic OH excluding ortho intramolecular Hbond substituents is 1. The molecule has 50 heavy (non-hydrogen) atoms. The number of nitrogens with zero attached hydrogens (tertiary/aromatic N) is 2. The molecule has 5 rings (SSSR count). The van der Waals surface area contributed by atoms with Crippen molar-refractivity contribution in [3.05, 3.63) is 121 Å². The van der Waals surface area contributed by atoms with E-state index in [9.17, 15) is 45.4 Å². The first-order chi connectivity index (χ1) is 23.3. The highest BCUT2D eigenvalue weighted by Gasteiger charge is 2.37. The Bertz CT molecular complexity index is 1990. The second kappa shape index (κ2) is 14.1. The molecule has 1 fully saturated rings. The number of aryl methyl sites for hydroxylation is 1. The van der Waals surface area contributed by atoms with Crippen LogP contribution in [0.4, 0.5) is 39.5 Å². The summed E-state index contributed by atoms with van der Waals surface area (Å²) in [7, 11) is 0. The zero-order chi connectivity index (χ0) is 36.7. The van der Waals surface area contributed by atoms with E-state index < -0.39 is 87.8 Å². The molecule has 16 heteroatoms. The molecule has 0 radical (unpaired) electrons. The van der Waals surface area contributed by atoms with E-state index in [-0.39, 0.29) is 53.3 Å². The molecule has 0 spiro atoms. The van der Waals surface area contributed by atoms with E-state index in [0.717, 1.165) is 48.7 Å². The molecule has 266 valence electrons. The van der Waals surface area contributed by atoms with E-state index in [1.54, 1.807) is 4.90 Å². The number of benzene rings is 3. The maximum absolute atomic E-state index is 15.3. The smallest absolute Gasteiger partial charge is 0.417 e. The zero-order valence-electron chi connectivity index (χ0n) is 25.9. The number of nitrogens with one attached hydrogen (secondary N) is 1. The Morgan fingerprint density at radius 3 is 2.30 bits per heavy atom. The summed E-state index contributed by atoms with van der Waals surface area (Å²) in [5.74, 6) is -3.86. The molecule has 1 aliphatic heterocycles. The Hall–Kier alpha value is -4.31. The average Bonchev–Trinajstić information content (AvgIpc) is 3.01. The van der Waals surface area contributed by atoms with Crippen molar-refractivity contribution in [2.75, 3.05) is 19.6 Å². The van der Waals surface area contributed by atoms with Crippen LogP contribution < -0.4 is 10.9 Å². The first-order valence-corrected chi connectivity index (χ1v) is 15.7. The van der Waals surface area contributed by atoms with Gasteiger partial charge in [-0.3, -0.25) is 19.1 Å². The van der Waals surface area contributed by atoms with Gasteiger partial charge in [0.15, 0.2) is 0 Å². The lowest BCUT2D eigenvalue weighted by Gasteiger charge is -2.34. The number of likely N-dealkylation sites (tertiary alicyclic amines) is 1. The fourth-order valence-electron chi connectivity index (χ4n) is 5.84. The second-order valence-electron chi connectivity index (χ2n) is 11.8. The van der Waals surface area contributed by atoms with Crippen molar-refractivity contribution in [2.45, 2.75) is 44.5 Å². The van der Waals surface area contributed by atoms with Gasteiger partial charge in [-0.25, -0.2) is 13.2 Å². The van der Waals surface area contributed by atoms with E-state index in [2.05, 4.69) is 21.2 Å². The standard InChI is InChI=1S/C34H27BrF9N3O3/c1-17-9-19(29-24(33(39,40)41)3-2-4-27(29)48)10-20(30(17)38)13-45-32(50)31(23-11-21(35)5-6-26(23)37)47-14-18(7-8-46-15-22(36)16-46)25(12-28(47)49)34(42,43)44/h2-6,9-12,14,22,31,48H,7-8,13,15-16H2,1H3,(H,45,50). The van der Waals surface area contributed by atoms with E-state index in [4.69, 9.17) is 0 Å². The van der Waals surface area contributed by atoms with Crippen molar-refractivity contribution in [3.8, 4) is 16.9 Å². The summed E-state index contributed by atoms with van der Waals surface area (Å²) in [4.78, 5) is 28.6. The highest BCUT2D eigenvalue weighted by Crippen LogP contribution is 2.42. The van der Waals surface area contributed by atoms with Gasteiger partial charge in [-0.05, 0) is 72.5 Å². The van der Waals surface area contributed by atoms with Gasteiger partial charge < -0.3 is 10.4 Å². The number of aromatic hydroxyl groups is 1. The van der Waals surface area contributed by atoms with Crippen LogP contribution in [0.2, 0.25) is 0 Å². The lowest BCUT2D eigenvalue weighted by molar-refractivity contribution is -0.138. The minimum absolute atomic E-state index is 0.00785. The minimum Gasteiger partial charge on any atom is -0.507 e. The number of carbonyl (C=O) groups excluding carboxylic acids is 1. The van der Waals surface area contributed by atoms with Gasteiger partial charge in [0.2, 0.25) is 5.91 Å². The number of carbonyl (C=O) groups is 1. The molecule has 1 amide bonds. The van der Waals surface area contributed by atoms with Crippen molar-refractivity contribution in [2.24, 2.45) is 0 Å². The summed E-state index contributed by atoms with van der Waals surface area (Å²) in [5.41, 5.74) is -6.07. The highest BCUT2D eigenvalue weighted by molar-refractivity contribution is 9.10. The van der Waals surface area contributed by atoms with E-state index in [1.807, 2.05) is 0 Å². The van der Waals surface area contributed by atoms with Crippen molar-refractivity contribution in [1.29, 1.82) is 0 Å². The largest absolute Gasteiger partial charge is 0.507 e. The average molecular weight is 776 g/mol. The number of alkyl halides is 7. The number of aromatic nitrogens is 1. The molecule has 4 aromatic rings. The number of hydrogen-bond acceptors (Lipinski definition) is 4. The molecule has 1 aliphatic rings. The molecular formula is C34H27BrF9N3O3. The summed E-state index contributed by atoms with van der Waals surface area (Å²) in [6.45, 7) is 0.532. The van der Waals surface area contributed by atoms with Gasteiger partial charge in [0.1, 0.15) is 29.6 Å². The maximum atomic E-state index is 15.3. The topological polar surface area (TPSA) is 74.6 Å². The Kier molecular flexibility index (Phi) is 10.4. The predicted octanol–water partition coefficient (Wildman–Crippen LogP) is 7.71. The zero-order valence-corrected chi connectivity index (χ0v) is 27.5. The van der Waals surface area contributed by atoms with Crippen molar-refractivity contribution in [1.82, 2.24) is 14.8 Å². The van der Waals surface area contributed by atoms with E-state index in [0.29, 0.717) is 4.57 Å². The van der Waals surface area contributed by atoms with Crippen molar-refractivity contribution < 1.29 is 49.4 Å². The molecular weight excluding hydrogens is 749 g/mol. The van der Waals surface area contributed by atoms with Crippen LogP contribution in [0.25, 0.3) is 11.1 Å². The monoisotopic (exact) mass is 775 g/mol. The van der Waals surface area contributed by atoms with Crippen LogP contribution in [0.1, 0.15) is 39.4 Å². The second-order valence-corrected chi connectivity index (χ2v) is 12.7. The van der Waals surface area contributed by atoms with E-state index in [1.165, 1.54) is 13.0 Å². The minimum atomic E-state index is -4.98. The van der Waals surface area contributed by atoms with Gasteiger partial charge in [0.05, 0.1) is 11.1 Å². The Morgan fingerprint density at radius 2 is 1.66 bits per heavy atom. The lowest BCUT2D eigenvalue weighted by Crippen LogP contribution is -2.49. The van der Waals surface area contributed by atoms with Gasteiger partial charge in [-0.2, -0.15) is 26.3 Å². The fourth-order valence-corrected chi connectivity index (χ4v) is 6.22. The first-order valence-electron chi connectivity index (χ1n) is 14.9. The maximum Gasteiger partial charge on any atom is 0.417 e. The summed E-state index contributed by atoms with van der Waals surface area (Å²) in [5, 5.41) is 12.7. The van der Waals surface area contributed by atoms with Gasteiger partial charge in [-0.15, -0.1) is 0 Å². The number of amides is 1. The molecule has 1 unspecified atom stereocenters. The molecule has 6 nitrogen and oxygen atoms in total. The summed E-state index contributed by atoms with van der Waals surface area (Å²) >= 11 is 3.15. The fraction of sp³-hybridized carbons (Fsp3) is 0.294. The van der Waals surface area contributed by atoms with Crippen LogP contribution >= 0.6 is 15.9 Å². The third-order valence-electron chi connectivity index (χ3n) is 8.28. The van der Waals surface area contributed by atoms with Gasteiger partial charge >= 0.3 is 12.4 Å². The van der Waals surface area contributed by atoms with Crippen LogP contribution in [-0.4, -0.2) is 46.3 Å². The van der Waals surface area contributed by atoms with Gasteiger partial charge in [-0.1, -0.05) is 22.0 Å². The van der Waals surface area contributed by atoms with Gasteiger partial charge in [0.25, 0.3) is 5.56 Å². The molecule has 0 bridgehead atoms. The molecule has 0 aliphatic carbocycles. The number of hydrogen-bond donors (Lipinski definition) is 2. The quantitative estimate of drug-likeness (QED) is 0.171. The molecule has 3 aromatic carbocycles. The Balaban J connectivity index is 1.55. The molecule has 1 aromatic heterocycles. The van der Waals surface area contributed by atoms with Crippen LogP contribution in [0.3, 0.4) is 0 Å². The van der Waals surface area contributed by atoms with Crippen LogP contribution in [0.15, 0.2) is 70.1 Å². The SMILES string of the molecule is Cc1cc(-c2c(O)cccc2C(F)(F)F)cc(CNC(=O)C(c2cc(Br)ccc2F)n2cc(CCN3CC(F)C3)c(C(F)(F)F)cc2=O)c1F. The predicted molar refractivity (Wildman–Crippen MR) is 168 cm³/mol. The van der Waals surface area contributed by atoms with Crippen LogP contribution in [0, 0.1) is 18.6 Å². The number of phenols is 1. The third kappa shape index (κ3) is 7.85. The molecule has 1 atom stereocenters. The summed E-state index contributed by atoms with van der Waals surface area (Å²) in [6.07, 6.45) is -10.5. The third-order valence-corrected chi connectivity index (χ3v) is 8.77. The lowest BCUT2D eigenvalue weighted by atomic mass is 9.94. The van der Waals surface area contributed by atoms with Crippen molar-refractivity contribution >= 4 is 21.8 Å². The molecule has 1 saturated heterocycles. The summed E-state index contributed by atoms with van der Waals surface area (Å²) < 4.78 is 128. The molecule has 0 saturated carbocycles. The Labute approximate surface area is 287 Å². The van der Waals surface area contributed by atoms with Crippen LogP contribution in [-0.2, 0) is 30.1 Å². The number of rotatable bonds is 9. The molecule has 2 N–H and O–H groups in total. The number of pyridine rings is 1. The Morgan fingerprint density at radius 1 is 0.980 bits per heavy atom.